The normalized spacial score (nSPS) is 13.5. The van der Waals surface area contributed by atoms with Gasteiger partial charge in [0.2, 0.25) is 0 Å². The number of hydrogen-bond acceptors (Lipinski definition) is 1. The molecule has 0 radical (unpaired) electrons. The molecule has 0 bridgehead atoms. The van der Waals surface area contributed by atoms with Crippen molar-refractivity contribution in [1.82, 2.24) is 0 Å². The molecule has 0 saturated carbocycles. The maximum Gasteiger partial charge on any atom is -0.0140 e. The largest absolute Gasteiger partial charge is 0.134 e. The van der Waals surface area contributed by atoms with Crippen LogP contribution in [0.5, 0.6) is 0 Å². The molecule has 56 valence electrons. The Balaban J connectivity index is 4.03. The highest BCUT2D eigenvalue weighted by Gasteiger charge is 1.80. The molecule has 0 aliphatic heterocycles. The van der Waals surface area contributed by atoms with Gasteiger partial charge >= 0.3 is 0 Å². The lowest BCUT2D eigenvalue weighted by molar-refractivity contribution is 1.52. The van der Waals surface area contributed by atoms with E-state index >= 15 is 0 Å². The summed E-state index contributed by atoms with van der Waals surface area (Å²) in [5.41, 5.74) is 1.20. The molecule has 0 saturated heterocycles. The second kappa shape index (κ2) is 5.36. The Labute approximate surface area is 67.7 Å². The predicted molar refractivity (Wildman–Crippen MR) is 51.2 cm³/mol. The minimum Gasteiger partial charge on any atom is -0.134 e. The molecule has 0 aliphatic rings. The molecular weight excluding hydrogens is 140 g/mol. The van der Waals surface area contributed by atoms with Crippen molar-refractivity contribution >= 4 is 11.8 Å². The van der Waals surface area contributed by atoms with Crippen molar-refractivity contribution in [3.63, 3.8) is 0 Å². The maximum absolute atomic E-state index is 3.66. The van der Waals surface area contributed by atoms with Gasteiger partial charge in [0.15, 0.2) is 0 Å². The Hall–Kier alpha value is -0.430. The fourth-order valence-corrected chi connectivity index (χ4v) is 0.589. The lowest BCUT2D eigenvalue weighted by atomic mass is 10.3. The van der Waals surface area contributed by atoms with Gasteiger partial charge < -0.3 is 0 Å². The Morgan fingerprint density at radius 1 is 1.30 bits per heavy atom. The molecule has 0 spiro atoms. The van der Waals surface area contributed by atoms with Gasteiger partial charge in [-0.05, 0) is 25.0 Å². The average Bonchev–Trinajstić information content (AvgIpc) is 1.99. The van der Waals surface area contributed by atoms with Crippen molar-refractivity contribution in [2.45, 2.75) is 13.8 Å². The topological polar surface area (TPSA) is 0 Å². The van der Waals surface area contributed by atoms with Crippen molar-refractivity contribution < 1.29 is 0 Å². The monoisotopic (exact) mass is 154 g/mol. The zero-order valence-electron chi connectivity index (χ0n) is 6.85. The molecular formula is C9H14S. The van der Waals surface area contributed by atoms with Gasteiger partial charge in [0, 0.05) is 0 Å². The standard InChI is InChI=1S/C9H14S/c1-5-8(2)6-7-9(3)10-4/h5-7H,1H2,2-4H3/b8-6-,9-7+. The van der Waals surface area contributed by atoms with Crippen molar-refractivity contribution in [2.75, 3.05) is 6.26 Å². The minimum atomic E-state index is 1.20. The van der Waals surface area contributed by atoms with Crippen molar-refractivity contribution in [1.29, 1.82) is 0 Å². The molecule has 0 N–H and O–H groups in total. The zero-order chi connectivity index (χ0) is 7.98. The third kappa shape index (κ3) is 4.45. The SMILES string of the molecule is C=C/C(C)=C\C=C(/C)SC. The molecule has 0 aromatic heterocycles. The van der Waals surface area contributed by atoms with E-state index in [4.69, 9.17) is 0 Å². The van der Waals surface area contributed by atoms with Crippen LogP contribution in [0.2, 0.25) is 0 Å². The summed E-state index contributed by atoms with van der Waals surface area (Å²) in [5.74, 6) is 0. The predicted octanol–water partition coefficient (Wildman–Crippen LogP) is 3.39. The van der Waals surface area contributed by atoms with Crippen LogP contribution in [0.3, 0.4) is 0 Å². The molecule has 0 aromatic carbocycles. The zero-order valence-corrected chi connectivity index (χ0v) is 7.66. The molecule has 0 nitrogen and oxygen atoms in total. The highest BCUT2D eigenvalue weighted by atomic mass is 32.2. The number of allylic oxidation sites excluding steroid dienone is 5. The summed E-state index contributed by atoms with van der Waals surface area (Å²) >= 11 is 1.76. The van der Waals surface area contributed by atoms with Crippen molar-refractivity contribution in [3.05, 3.63) is 35.3 Å². The van der Waals surface area contributed by atoms with E-state index in [0.29, 0.717) is 0 Å². The summed E-state index contributed by atoms with van der Waals surface area (Å²) in [4.78, 5) is 1.32. The van der Waals surface area contributed by atoms with E-state index in [9.17, 15) is 0 Å². The van der Waals surface area contributed by atoms with Crippen LogP contribution in [-0.4, -0.2) is 6.26 Å². The average molecular weight is 154 g/mol. The van der Waals surface area contributed by atoms with Crippen LogP contribution in [0, 0.1) is 0 Å². The number of rotatable bonds is 3. The molecule has 0 aromatic rings. The number of thioether (sulfide) groups is 1. The lowest BCUT2D eigenvalue weighted by Gasteiger charge is -1.90. The van der Waals surface area contributed by atoms with Crippen LogP contribution in [0.15, 0.2) is 35.3 Å². The van der Waals surface area contributed by atoms with Crippen LogP contribution >= 0.6 is 11.8 Å². The maximum atomic E-state index is 3.66. The first-order chi connectivity index (χ1) is 4.70. The molecule has 0 rings (SSSR count). The molecule has 0 amide bonds. The quantitative estimate of drug-likeness (QED) is 0.561. The van der Waals surface area contributed by atoms with Gasteiger partial charge in [0.05, 0.1) is 0 Å². The fraction of sp³-hybridized carbons (Fsp3) is 0.333. The second-order valence-electron chi connectivity index (χ2n) is 2.10. The highest BCUT2D eigenvalue weighted by molar-refractivity contribution is 8.02. The van der Waals surface area contributed by atoms with E-state index in [-0.39, 0.29) is 0 Å². The third-order valence-electron chi connectivity index (χ3n) is 1.22. The van der Waals surface area contributed by atoms with Crippen molar-refractivity contribution in [2.24, 2.45) is 0 Å². The summed E-state index contributed by atoms with van der Waals surface area (Å²) in [7, 11) is 0. The van der Waals surface area contributed by atoms with E-state index in [0.717, 1.165) is 0 Å². The highest BCUT2D eigenvalue weighted by Crippen LogP contribution is 2.09. The first-order valence-corrected chi connectivity index (χ1v) is 4.44. The third-order valence-corrected chi connectivity index (χ3v) is 2.00. The van der Waals surface area contributed by atoms with E-state index in [2.05, 4.69) is 31.9 Å². The summed E-state index contributed by atoms with van der Waals surface area (Å²) in [6.45, 7) is 7.79. The van der Waals surface area contributed by atoms with Gasteiger partial charge in [-0.25, -0.2) is 0 Å². The molecule has 1 heteroatoms. The molecule has 0 atom stereocenters. The van der Waals surface area contributed by atoms with Gasteiger partial charge in [0.1, 0.15) is 0 Å². The first-order valence-electron chi connectivity index (χ1n) is 3.22. The van der Waals surface area contributed by atoms with Gasteiger partial charge in [-0.1, -0.05) is 30.4 Å². The fourth-order valence-electron chi connectivity index (χ4n) is 0.385. The van der Waals surface area contributed by atoms with E-state index in [1.54, 1.807) is 11.8 Å². The molecule has 10 heavy (non-hydrogen) atoms. The molecule has 0 heterocycles. The van der Waals surface area contributed by atoms with Crippen LogP contribution in [0.4, 0.5) is 0 Å². The van der Waals surface area contributed by atoms with Crippen molar-refractivity contribution in [3.8, 4) is 0 Å². The molecule has 0 aliphatic carbocycles. The lowest BCUT2D eigenvalue weighted by Crippen LogP contribution is -1.65. The van der Waals surface area contributed by atoms with Gasteiger partial charge in [-0.15, -0.1) is 11.8 Å². The van der Waals surface area contributed by atoms with Gasteiger partial charge in [-0.3, -0.25) is 0 Å². The van der Waals surface area contributed by atoms with Crippen LogP contribution < -0.4 is 0 Å². The Bertz CT molecular complexity index is 164. The minimum absolute atomic E-state index is 1.20. The Morgan fingerprint density at radius 3 is 2.30 bits per heavy atom. The first kappa shape index (κ1) is 9.57. The van der Waals surface area contributed by atoms with Gasteiger partial charge in [-0.2, -0.15) is 0 Å². The van der Waals surface area contributed by atoms with E-state index in [1.165, 1.54) is 10.5 Å². The molecule has 0 unspecified atom stereocenters. The smallest absolute Gasteiger partial charge is 0.0140 e. The van der Waals surface area contributed by atoms with E-state index in [1.807, 2.05) is 13.0 Å². The molecule has 0 fully saturated rings. The van der Waals surface area contributed by atoms with Crippen LogP contribution in [0.1, 0.15) is 13.8 Å². The summed E-state index contributed by atoms with van der Waals surface area (Å²) in [5, 5.41) is 0. The summed E-state index contributed by atoms with van der Waals surface area (Å²) < 4.78 is 0. The van der Waals surface area contributed by atoms with E-state index < -0.39 is 0 Å². The summed E-state index contributed by atoms with van der Waals surface area (Å²) in [6.07, 6.45) is 8.09. The van der Waals surface area contributed by atoms with Crippen LogP contribution in [-0.2, 0) is 0 Å². The second-order valence-corrected chi connectivity index (χ2v) is 3.15. The van der Waals surface area contributed by atoms with Crippen LogP contribution in [0.25, 0.3) is 0 Å². The summed E-state index contributed by atoms with van der Waals surface area (Å²) in [6, 6.07) is 0. The number of hydrogen-bond donors (Lipinski definition) is 0. The Morgan fingerprint density at radius 2 is 1.90 bits per heavy atom. The van der Waals surface area contributed by atoms with Gasteiger partial charge in [0.25, 0.3) is 0 Å². The Kier molecular flexibility index (Phi) is 5.13.